The first-order chi connectivity index (χ1) is 11.6. The van der Waals surface area contributed by atoms with Crippen LogP contribution in [0.15, 0.2) is 53.0 Å². The number of nitrogens with two attached hydrogens (primary N) is 1. The van der Waals surface area contributed by atoms with Crippen LogP contribution in [-0.4, -0.2) is 32.2 Å². The first kappa shape index (κ1) is 16.4. The zero-order valence-corrected chi connectivity index (χ0v) is 14.8. The van der Waals surface area contributed by atoms with Crippen LogP contribution >= 0.6 is 15.9 Å². The third-order valence-electron chi connectivity index (χ3n) is 4.03. The van der Waals surface area contributed by atoms with Gasteiger partial charge in [-0.1, -0.05) is 15.9 Å². The van der Waals surface area contributed by atoms with Crippen LogP contribution in [0.25, 0.3) is 0 Å². The lowest BCUT2D eigenvalue weighted by Crippen LogP contribution is -2.46. The number of benzene rings is 2. The number of primary amides is 1. The van der Waals surface area contributed by atoms with Gasteiger partial charge in [0, 0.05) is 42.0 Å². The Labute approximate surface area is 149 Å². The smallest absolute Gasteiger partial charge is 0.330 e. The molecular formula is C17H20BrN5O. The lowest BCUT2D eigenvalue weighted by atomic mass is 10.2. The number of carbonyl (C=O) groups excluding carboxylic acids is 1. The number of hydrogen-bond acceptors (Lipinski definition) is 4. The third kappa shape index (κ3) is 4.11. The minimum absolute atomic E-state index is 0.608. The molecule has 1 saturated heterocycles. The Morgan fingerprint density at radius 2 is 1.33 bits per heavy atom. The standard InChI is InChI=1S/C17H20BrN5O/c18-13-1-5-15(6-2-13)22-9-11-23(12-10-22)16-7-3-14(4-8-16)20-21-17(19)24/h1-8,20H,9-12H2,(H3,19,21,24). The van der Waals surface area contributed by atoms with Gasteiger partial charge in [0.25, 0.3) is 0 Å². The van der Waals surface area contributed by atoms with Crippen LogP contribution < -0.4 is 26.4 Å². The number of nitrogens with zero attached hydrogens (tertiary/aromatic N) is 2. The van der Waals surface area contributed by atoms with Gasteiger partial charge in [0.2, 0.25) is 0 Å². The van der Waals surface area contributed by atoms with Gasteiger partial charge in [0.05, 0.1) is 5.69 Å². The van der Waals surface area contributed by atoms with Crippen molar-refractivity contribution in [3.63, 3.8) is 0 Å². The fraction of sp³-hybridized carbons (Fsp3) is 0.235. The van der Waals surface area contributed by atoms with Gasteiger partial charge in [-0.2, -0.15) is 0 Å². The van der Waals surface area contributed by atoms with Gasteiger partial charge in [-0.3, -0.25) is 10.9 Å². The van der Waals surface area contributed by atoms with Gasteiger partial charge in [0.15, 0.2) is 0 Å². The molecule has 2 aromatic rings. The maximum absolute atomic E-state index is 10.7. The summed E-state index contributed by atoms with van der Waals surface area (Å²) in [6, 6.07) is 15.8. The van der Waals surface area contributed by atoms with Gasteiger partial charge in [-0.15, -0.1) is 0 Å². The van der Waals surface area contributed by atoms with Crippen LogP contribution in [0.5, 0.6) is 0 Å². The van der Waals surface area contributed by atoms with Crippen molar-refractivity contribution >= 4 is 39.0 Å². The van der Waals surface area contributed by atoms with E-state index in [9.17, 15) is 4.79 Å². The van der Waals surface area contributed by atoms with E-state index in [0.717, 1.165) is 36.3 Å². The number of anilines is 3. The van der Waals surface area contributed by atoms with Crippen molar-refractivity contribution in [2.24, 2.45) is 5.73 Å². The minimum atomic E-state index is -0.608. The largest absolute Gasteiger partial charge is 0.368 e. The summed E-state index contributed by atoms with van der Waals surface area (Å²) in [5.74, 6) is 0. The molecule has 2 amide bonds. The second-order valence-electron chi connectivity index (χ2n) is 5.61. The molecule has 0 radical (unpaired) electrons. The molecule has 6 nitrogen and oxygen atoms in total. The monoisotopic (exact) mass is 389 g/mol. The number of rotatable bonds is 4. The van der Waals surface area contributed by atoms with Crippen LogP contribution in [0.2, 0.25) is 0 Å². The number of hydrogen-bond donors (Lipinski definition) is 3. The number of urea groups is 1. The molecule has 0 aliphatic carbocycles. The maximum atomic E-state index is 10.7. The van der Waals surface area contributed by atoms with Crippen molar-refractivity contribution in [2.45, 2.75) is 0 Å². The molecule has 4 N–H and O–H groups in total. The van der Waals surface area contributed by atoms with Gasteiger partial charge < -0.3 is 15.5 Å². The fourth-order valence-electron chi connectivity index (χ4n) is 2.76. The highest BCUT2D eigenvalue weighted by Crippen LogP contribution is 2.23. The van der Waals surface area contributed by atoms with E-state index in [2.05, 4.69) is 60.8 Å². The van der Waals surface area contributed by atoms with Gasteiger partial charge >= 0.3 is 6.03 Å². The highest BCUT2D eigenvalue weighted by atomic mass is 79.9. The fourth-order valence-corrected chi connectivity index (χ4v) is 3.03. The van der Waals surface area contributed by atoms with E-state index in [4.69, 9.17) is 5.73 Å². The molecule has 0 saturated carbocycles. The number of halogens is 1. The number of hydrazine groups is 1. The molecular weight excluding hydrogens is 370 g/mol. The maximum Gasteiger partial charge on any atom is 0.330 e. The Bertz CT molecular complexity index is 681. The summed E-state index contributed by atoms with van der Waals surface area (Å²) in [5, 5.41) is 0. The first-order valence-corrected chi connectivity index (χ1v) is 8.58. The van der Waals surface area contributed by atoms with Crippen molar-refractivity contribution in [3.05, 3.63) is 53.0 Å². The van der Waals surface area contributed by atoms with Crippen molar-refractivity contribution in [1.82, 2.24) is 5.43 Å². The number of nitrogens with one attached hydrogen (secondary N) is 2. The Morgan fingerprint density at radius 1 is 0.875 bits per heavy atom. The van der Waals surface area contributed by atoms with Crippen LogP contribution in [0.4, 0.5) is 21.9 Å². The average Bonchev–Trinajstić information content (AvgIpc) is 2.61. The van der Waals surface area contributed by atoms with Crippen molar-refractivity contribution < 1.29 is 4.79 Å². The number of amides is 2. The Kier molecular flexibility index (Phi) is 5.10. The minimum Gasteiger partial charge on any atom is -0.368 e. The summed E-state index contributed by atoms with van der Waals surface area (Å²) in [6.07, 6.45) is 0. The summed E-state index contributed by atoms with van der Waals surface area (Å²) in [4.78, 5) is 15.4. The van der Waals surface area contributed by atoms with E-state index < -0.39 is 6.03 Å². The first-order valence-electron chi connectivity index (χ1n) is 7.79. The predicted octanol–water partition coefficient (Wildman–Crippen LogP) is 2.77. The molecule has 1 aliphatic rings. The molecule has 0 atom stereocenters. The summed E-state index contributed by atoms with van der Waals surface area (Å²) in [6.45, 7) is 3.93. The highest BCUT2D eigenvalue weighted by Gasteiger charge is 2.17. The number of piperazine rings is 1. The predicted molar refractivity (Wildman–Crippen MR) is 101 cm³/mol. The second-order valence-corrected chi connectivity index (χ2v) is 6.53. The van der Waals surface area contributed by atoms with Crippen LogP contribution in [0, 0.1) is 0 Å². The highest BCUT2D eigenvalue weighted by molar-refractivity contribution is 9.10. The molecule has 0 aromatic heterocycles. The Balaban J connectivity index is 1.56. The lowest BCUT2D eigenvalue weighted by molar-refractivity contribution is 0.250. The van der Waals surface area contributed by atoms with Crippen LogP contribution in [0.1, 0.15) is 0 Å². The molecule has 3 rings (SSSR count). The van der Waals surface area contributed by atoms with Gasteiger partial charge in [-0.05, 0) is 48.5 Å². The van der Waals surface area contributed by atoms with E-state index >= 15 is 0 Å². The van der Waals surface area contributed by atoms with E-state index in [1.54, 1.807) is 0 Å². The SMILES string of the molecule is NC(=O)NNc1ccc(N2CCN(c3ccc(Br)cc3)CC2)cc1. The summed E-state index contributed by atoms with van der Waals surface area (Å²) in [5.41, 5.74) is 13.4. The topological polar surface area (TPSA) is 73.6 Å². The molecule has 1 aliphatic heterocycles. The molecule has 126 valence electrons. The van der Waals surface area contributed by atoms with Crippen molar-refractivity contribution in [1.29, 1.82) is 0 Å². The molecule has 0 spiro atoms. The molecule has 1 fully saturated rings. The molecule has 0 unspecified atom stereocenters. The van der Waals surface area contributed by atoms with Crippen molar-refractivity contribution in [2.75, 3.05) is 41.4 Å². The zero-order valence-electron chi connectivity index (χ0n) is 13.2. The molecule has 7 heteroatoms. The molecule has 1 heterocycles. The summed E-state index contributed by atoms with van der Waals surface area (Å²) in [7, 11) is 0. The quantitative estimate of drug-likeness (QED) is 0.702. The normalized spacial score (nSPS) is 14.4. The average molecular weight is 390 g/mol. The Hall–Kier alpha value is -2.41. The second kappa shape index (κ2) is 7.44. The molecule has 2 aromatic carbocycles. The third-order valence-corrected chi connectivity index (χ3v) is 4.56. The van der Waals surface area contributed by atoms with Gasteiger partial charge in [-0.25, -0.2) is 4.79 Å². The molecule has 0 bridgehead atoms. The van der Waals surface area contributed by atoms with E-state index in [0.29, 0.717) is 0 Å². The van der Waals surface area contributed by atoms with E-state index in [1.807, 2.05) is 24.3 Å². The summed E-state index contributed by atoms with van der Waals surface area (Å²) < 4.78 is 1.10. The van der Waals surface area contributed by atoms with Crippen molar-refractivity contribution in [3.8, 4) is 0 Å². The van der Waals surface area contributed by atoms with E-state index in [-0.39, 0.29) is 0 Å². The van der Waals surface area contributed by atoms with E-state index in [1.165, 1.54) is 11.4 Å². The van der Waals surface area contributed by atoms with Crippen LogP contribution in [-0.2, 0) is 0 Å². The van der Waals surface area contributed by atoms with Crippen LogP contribution in [0.3, 0.4) is 0 Å². The Morgan fingerprint density at radius 3 is 1.79 bits per heavy atom. The lowest BCUT2D eigenvalue weighted by Gasteiger charge is -2.37. The number of carbonyl (C=O) groups is 1. The molecule has 24 heavy (non-hydrogen) atoms. The van der Waals surface area contributed by atoms with Gasteiger partial charge in [0.1, 0.15) is 0 Å². The zero-order chi connectivity index (χ0) is 16.9. The summed E-state index contributed by atoms with van der Waals surface area (Å²) >= 11 is 3.47.